The van der Waals surface area contributed by atoms with Crippen LogP contribution in [0.1, 0.15) is 19.3 Å². The Morgan fingerprint density at radius 1 is 1.55 bits per heavy atom. The van der Waals surface area contributed by atoms with Crippen LogP contribution in [-0.2, 0) is 0 Å². The van der Waals surface area contributed by atoms with Crippen LogP contribution in [0.25, 0.3) is 0 Å². The highest BCUT2D eigenvalue weighted by Crippen LogP contribution is 2.48. The first-order chi connectivity index (χ1) is 5.27. The fraction of sp³-hybridized carbons (Fsp3) is 1.00. The lowest BCUT2D eigenvalue weighted by molar-refractivity contribution is 0.113. The number of rotatable bonds is 1. The van der Waals surface area contributed by atoms with Crippen molar-refractivity contribution < 1.29 is 0 Å². The van der Waals surface area contributed by atoms with Gasteiger partial charge in [0, 0.05) is 24.5 Å². The molecule has 2 nitrogen and oxygen atoms in total. The van der Waals surface area contributed by atoms with E-state index in [1.807, 2.05) is 11.9 Å². The Labute approximate surface area is 72.6 Å². The zero-order chi connectivity index (χ0) is 7.90. The van der Waals surface area contributed by atoms with Crippen molar-refractivity contribution in [3.05, 3.63) is 0 Å². The van der Waals surface area contributed by atoms with E-state index in [9.17, 15) is 0 Å². The molecule has 11 heavy (non-hydrogen) atoms. The fourth-order valence-corrected chi connectivity index (χ4v) is 2.90. The van der Waals surface area contributed by atoms with E-state index in [1.165, 1.54) is 32.4 Å². The van der Waals surface area contributed by atoms with Crippen LogP contribution in [-0.4, -0.2) is 29.7 Å². The summed E-state index contributed by atoms with van der Waals surface area (Å²) in [6, 6.07) is 0.500. The first-order valence-electron chi connectivity index (χ1n) is 4.31. The summed E-state index contributed by atoms with van der Waals surface area (Å²) in [6.07, 6.45) is 6.10. The van der Waals surface area contributed by atoms with Crippen LogP contribution in [0.4, 0.5) is 0 Å². The molecule has 1 spiro atoms. The van der Waals surface area contributed by atoms with E-state index in [-0.39, 0.29) is 0 Å². The zero-order valence-electron chi connectivity index (χ0n) is 7.05. The van der Waals surface area contributed by atoms with Gasteiger partial charge in [-0.15, -0.1) is 0 Å². The second-order valence-corrected chi connectivity index (χ2v) is 4.69. The van der Waals surface area contributed by atoms with Crippen molar-refractivity contribution in [1.29, 1.82) is 0 Å². The molecule has 0 bridgehead atoms. The fourth-order valence-electron chi connectivity index (χ4n) is 2.24. The average molecular weight is 172 g/mol. The van der Waals surface area contributed by atoms with Gasteiger partial charge >= 0.3 is 0 Å². The summed E-state index contributed by atoms with van der Waals surface area (Å²) in [5.74, 6) is 0. The molecule has 2 atom stereocenters. The lowest BCUT2D eigenvalue weighted by Gasteiger charge is -2.44. The van der Waals surface area contributed by atoms with Gasteiger partial charge in [0.1, 0.15) is 0 Å². The summed E-state index contributed by atoms with van der Waals surface area (Å²) >= 11 is 1.86. The molecule has 2 aliphatic rings. The minimum atomic E-state index is 0.500. The summed E-state index contributed by atoms with van der Waals surface area (Å²) in [6.45, 7) is 2.48. The highest BCUT2D eigenvalue weighted by molar-refractivity contribution is 7.96. The minimum absolute atomic E-state index is 0.500. The Morgan fingerprint density at radius 3 is 2.64 bits per heavy atom. The molecule has 1 aliphatic carbocycles. The Bertz CT molecular complexity index is 162. The minimum Gasteiger partial charge on any atom is -0.327 e. The van der Waals surface area contributed by atoms with E-state index in [0.717, 1.165) is 0 Å². The molecule has 2 fully saturated rings. The molecule has 0 aromatic heterocycles. The lowest BCUT2D eigenvalue weighted by atomic mass is 9.64. The summed E-state index contributed by atoms with van der Waals surface area (Å²) in [5.41, 5.74) is 6.53. The molecular formula is C8H16N2S. The van der Waals surface area contributed by atoms with E-state index in [0.29, 0.717) is 11.5 Å². The third-order valence-corrected chi connectivity index (χ3v) is 4.18. The molecule has 2 unspecified atom stereocenters. The van der Waals surface area contributed by atoms with Crippen LogP contribution < -0.4 is 5.73 Å². The second-order valence-electron chi connectivity index (χ2n) is 3.80. The summed E-state index contributed by atoms with van der Waals surface area (Å²) in [4.78, 5) is 0. The largest absolute Gasteiger partial charge is 0.327 e. The Balaban J connectivity index is 1.97. The molecule has 0 radical (unpaired) electrons. The molecule has 1 aliphatic heterocycles. The molecule has 3 heteroatoms. The van der Waals surface area contributed by atoms with Crippen LogP contribution in [0, 0.1) is 5.41 Å². The van der Waals surface area contributed by atoms with E-state index in [2.05, 4.69) is 10.6 Å². The monoisotopic (exact) mass is 172 g/mol. The highest BCUT2D eigenvalue weighted by Gasteiger charge is 2.48. The third kappa shape index (κ3) is 1.10. The first kappa shape index (κ1) is 7.90. The van der Waals surface area contributed by atoms with Gasteiger partial charge in [-0.3, -0.25) is 4.31 Å². The van der Waals surface area contributed by atoms with Crippen LogP contribution in [0.15, 0.2) is 0 Å². The van der Waals surface area contributed by atoms with Crippen molar-refractivity contribution in [2.75, 3.05) is 19.3 Å². The van der Waals surface area contributed by atoms with E-state index in [4.69, 9.17) is 5.73 Å². The Morgan fingerprint density at radius 2 is 2.36 bits per heavy atom. The van der Waals surface area contributed by atoms with E-state index in [1.54, 1.807) is 0 Å². The molecule has 2 rings (SSSR count). The average Bonchev–Trinajstić information content (AvgIpc) is 2.47. The molecule has 2 N–H and O–H groups in total. The van der Waals surface area contributed by atoms with Crippen molar-refractivity contribution in [3.8, 4) is 0 Å². The SMILES string of the molecule is CSN1CCC2(CCC2N)C1. The van der Waals surface area contributed by atoms with Gasteiger partial charge in [0.25, 0.3) is 0 Å². The Kier molecular flexibility index (Phi) is 1.90. The number of hydrogen-bond donors (Lipinski definition) is 1. The quantitative estimate of drug-likeness (QED) is 0.600. The zero-order valence-corrected chi connectivity index (χ0v) is 7.86. The molecule has 0 aromatic rings. The summed E-state index contributed by atoms with van der Waals surface area (Å²) in [7, 11) is 0. The molecular weight excluding hydrogens is 156 g/mol. The molecule has 1 saturated heterocycles. The first-order valence-corrected chi connectivity index (χ1v) is 5.50. The number of nitrogens with zero attached hydrogens (tertiary/aromatic N) is 1. The predicted octanol–water partition coefficient (Wildman–Crippen LogP) is 1.08. The van der Waals surface area contributed by atoms with Crippen molar-refractivity contribution in [3.63, 3.8) is 0 Å². The number of nitrogens with two attached hydrogens (primary N) is 1. The lowest BCUT2D eigenvalue weighted by Crippen LogP contribution is -2.51. The van der Waals surface area contributed by atoms with Gasteiger partial charge in [0.2, 0.25) is 0 Å². The van der Waals surface area contributed by atoms with Gasteiger partial charge in [-0.25, -0.2) is 0 Å². The van der Waals surface area contributed by atoms with Gasteiger partial charge < -0.3 is 5.73 Å². The maximum absolute atomic E-state index is 6.00. The van der Waals surface area contributed by atoms with Crippen molar-refractivity contribution >= 4 is 11.9 Å². The molecule has 0 amide bonds. The van der Waals surface area contributed by atoms with Crippen molar-refractivity contribution in [1.82, 2.24) is 4.31 Å². The predicted molar refractivity (Wildman–Crippen MR) is 49.3 cm³/mol. The standard InChI is InChI=1S/C8H16N2S/c1-11-10-5-4-8(6-10)3-2-7(8)9/h7H,2-6,9H2,1H3. The third-order valence-electron chi connectivity index (χ3n) is 3.35. The topological polar surface area (TPSA) is 29.3 Å². The second kappa shape index (κ2) is 2.64. The summed E-state index contributed by atoms with van der Waals surface area (Å²) < 4.78 is 2.44. The van der Waals surface area contributed by atoms with Crippen molar-refractivity contribution in [2.24, 2.45) is 11.1 Å². The van der Waals surface area contributed by atoms with E-state index >= 15 is 0 Å². The van der Waals surface area contributed by atoms with Crippen LogP contribution in [0.2, 0.25) is 0 Å². The van der Waals surface area contributed by atoms with Crippen LogP contribution in [0.3, 0.4) is 0 Å². The van der Waals surface area contributed by atoms with Gasteiger partial charge in [0.15, 0.2) is 0 Å². The van der Waals surface area contributed by atoms with E-state index < -0.39 is 0 Å². The Hall–Kier alpha value is 0.270. The maximum atomic E-state index is 6.00. The molecule has 1 heterocycles. The normalized spacial score (nSPS) is 44.7. The highest BCUT2D eigenvalue weighted by atomic mass is 32.2. The van der Waals surface area contributed by atoms with Gasteiger partial charge in [0.05, 0.1) is 0 Å². The van der Waals surface area contributed by atoms with Gasteiger partial charge in [-0.2, -0.15) is 0 Å². The molecule has 1 saturated carbocycles. The van der Waals surface area contributed by atoms with Crippen LogP contribution >= 0.6 is 11.9 Å². The molecule has 0 aromatic carbocycles. The van der Waals surface area contributed by atoms with Crippen LogP contribution in [0.5, 0.6) is 0 Å². The van der Waals surface area contributed by atoms with Gasteiger partial charge in [-0.1, -0.05) is 11.9 Å². The molecule has 64 valence electrons. The number of hydrogen-bond acceptors (Lipinski definition) is 3. The summed E-state index contributed by atoms with van der Waals surface area (Å²) in [5, 5.41) is 0. The smallest absolute Gasteiger partial charge is 0.0161 e. The van der Waals surface area contributed by atoms with Crippen molar-refractivity contribution in [2.45, 2.75) is 25.3 Å². The van der Waals surface area contributed by atoms with Gasteiger partial charge in [-0.05, 0) is 25.5 Å². The maximum Gasteiger partial charge on any atom is 0.0161 e.